The van der Waals surface area contributed by atoms with E-state index in [1.807, 2.05) is 11.5 Å². The molecule has 2 aromatic rings. The summed E-state index contributed by atoms with van der Waals surface area (Å²) in [5.74, 6) is 1.01. The normalized spacial score (nSPS) is 14.8. The predicted molar refractivity (Wildman–Crippen MR) is 82.8 cm³/mol. The van der Waals surface area contributed by atoms with Gasteiger partial charge in [-0.1, -0.05) is 23.2 Å². The van der Waals surface area contributed by atoms with Crippen molar-refractivity contribution in [2.75, 3.05) is 6.26 Å². The molecular weight excluding hydrogens is 327 g/mol. The van der Waals surface area contributed by atoms with E-state index in [1.54, 1.807) is 18.4 Å². The summed E-state index contributed by atoms with van der Waals surface area (Å²) in [4.78, 5) is 4.43. The fourth-order valence-corrected chi connectivity index (χ4v) is 2.72. The van der Waals surface area contributed by atoms with E-state index < -0.39 is 10.8 Å². The molecule has 2 rings (SSSR count). The first kappa shape index (κ1) is 15.1. The van der Waals surface area contributed by atoms with Crippen LogP contribution in [0.15, 0.2) is 12.1 Å². The lowest BCUT2D eigenvalue weighted by Crippen LogP contribution is -2.18. The zero-order chi connectivity index (χ0) is 14.2. The minimum absolute atomic E-state index is 0.00817. The number of nitrogens with zero attached hydrogens (tertiary/aromatic N) is 2. The molecule has 0 aliphatic heterocycles. The van der Waals surface area contributed by atoms with E-state index in [-0.39, 0.29) is 11.1 Å². The van der Waals surface area contributed by atoms with E-state index in [2.05, 4.69) is 4.98 Å². The highest BCUT2D eigenvalue weighted by molar-refractivity contribution is 7.84. The number of aromatic nitrogens is 2. The van der Waals surface area contributed by atoms with Crippen LogP contribution in [-0.2, 0) is 23.2 Å². The van der Waals surface area contributed by atoms with Gasteiger partial charge in [0.25, 0.3) is 0 Å². The van der Waals surface area contributed by atoms with Crippen LogP contribution in [-0.4, -0.2) is 25.3 Å². The van der Waals surface area contributed by atoms with E-state index in [0.29, 0.717) is 16.6 Å². The fourth-order valence-electron chi connectivity index (χ4n) is 1.84. The average Bonchev–Trinajstić information content (AvgIpc) is 2.67. The Morgan fingerprint density at radius 3 is 2.58 bits per heavy atom. The van der Waals surface area contributed by atoms with Gasteiger partial charge < -0.3 is 4.57 Å². The molecule has 19 heavy (non-hydrogen) atoms. The Morgan fingerprint density at radius 2 is 2.00 bits per heavy atom. The Morgan fingerprint density at radius 1 is 1.37 bits per heavy atom. The lowest BCUT2D eigenvalue weighted by molar-refractivity contribution is 0.641. The summed E-state index contributed by atoms with van der Waals surface area (Å²) in [5, 5.41) is 0.947. The number of fused-ring (bicyclic) bond motifs is 1. The zero-order valence-electron chi connectivity index (χ0n) is 10.5. The molecule has 104 valence electrons. The van der Waals surface area contributed by atoms with Gasteiger partial charge in [-0.25, -0.2) is 4.98 Å². The molecular formula is C12H13Cl3N2OS. The predicted octanol–water partition coefficient (Wildman–Crippen LogP) is 3.85. The van der Waals surface area contributed by atoms with Crippen LogP contribution >= 0.6 is 34.8 Å². The number of benzene rings is 1. The third kappa shape index (κ3) is 3.07. The van der Waals surface area contributed by atoms with Gasteiger partial charge in [-0.3, -0.25) is 4.21 Å². The second kappa shape index (κ2) is 6.00. The third-order valence-electron chi connectivity index (χ3n) is 3.00. The average molecular weight is 340 g/mol. The topological polar surface area (TPSA) is 34.9 Å². The molecule has 0 spiro atoms. The molecule has 0 aliphatic rings. The molecule has 1 aromatic heterocycles. The summed E-state index contributed by atoms with van der Waals surface area (Å²) in [6.07, 6.45) is 1.69. The maximum Gasteiger partial charge on any atom is 0.124 e. The summed E-state index contributed by atoms with van der Waals surface area (Å²) in [5.41, 5.74) is 1.61. The molecule has 7 heteroatoms. The van der Waals surface area contributed by atoms with Gasteiger partial charge in [0.05, 0.1) is 27.0 Å². The Hall–Kier alpha value is -0.290. The van der Waals surface area contributed by atoms with Crippen LogP contribution in [0.3, 0.4) is 0 Å². The number of alkyl halides is 1. The second-order valence-electron chi connectivity index (χ2n) is 4.34. The zero-order valence-corrected chi connectivity index (χ0v) is 13.6. The fraction of sp³-hybridized carbons (Fsp3) is 0.417. The quantitative estimate of drug-likeness (QED) is 0.793. The maximum atomic E-state index is 11.5. The van der Waals surface area contributed by atoms with Crippen LogP contribution in [0.5, 0.6) is 0 Å². The summed E-state index contributed by atoms with van der Waals surface area (Å²) in [6.45, 7) is 2.51. The summed E-state index contributed by atoms with van der Waals surface area (Å²) in [7, 11) is -0.909. The van der Waals surface area contributed by atoms with Crippen molar-refractivity contribution in [2.24, 2.45) is 0 Å². The van der Waals surface area contributed by atoms with E-state index in [9.17, 15) is 4.21 Å². The first-order chi connectivity index (χ1) is 8.93. The van der Waals surface area contributed by atoms with Gasteiger partial charge in [-0.05, 0) is 19.1 Å². The molecule has 0 fully saturated rings. The van der Waals surface area contributed by atoms with Gasteiger partial charge in [0.2, 0.25) is 0 Å². The third-order valence-corrected chi connectivity index (χ3v) is 5.24. The molecule has 0 amide bonds. The minimum atomic E-state index is -0.909. The summed E-state index contributed by atoms with van der Waals surface area (Å²) in [6, 6.07) is 3.49. The summed E-state index contributed by atoms with van der Waals surface area (Å²) >= 11 is 18.0. The SMILES string of the molecule is CC(Cn1c(CCl)nc2cc(Cl)c(Cl)cc21)S(C)=O. The molecule has 0 aliphatic carbocycles. The van der Waals surface area contributed by atoms with Gasteiger partial charge in [0.1, 0.15) is 5.82 Å². The van der Waals surface area contributed by atoms with Crippen LogP contribution < -0.4 is 0 Å². The minimum Gasteiger partial charge on any atom is -0.326 e. The van der Waals surface area contributed by atoms with Gasteiger partial charge in [0, 0.05) is 28.9 Å². The van der Waals surface area contributed by atoms with Crippen molar-refractivity contribution in [3.63, 3.8) is 0 Å². The first-order valence-corrected chi connectivity index (χ1v) is 8.57. The van der Waals surface area contributed by atoms with Crippen molar-refractivity contribution in [1.82, 2.24) is 9.55 Å². The molecule has 0 N–H and O–H groups in total. The van der Waals surface area contributed by atoms with Gasteiger partial charge in [-0.15, -0.1) is 11.6 Å². The molecule has 0 saturated carbocycles. The lowest BCUT2D eigenvalue weighted by atomic mass is 10.3. The van der Waals surface area contributed by atoms with Gasteiger partial charge >= 0.3 is 0 Å². The number of halogens is 3. The van der Waals surface area contributed by atoms with Crippen molar-refractivity contribution in [2.45, 2.75) is 24.6 Å². The highest BCUT2D eigenvalue weighted by Gasteiger charge is 2.16. The van der Waals surface area contributed by atoms with Crippen LogP contribution in [0.1, 0.15) is 12.7 Å². The van der Waals surface area contributed by atoms with Crippen molar-refractivity contribution >= 4 is 56.6 Å². The highest BCUT2D eigenvalue weighted by Crippen LogP contribution is 2.29. The monoisotopic (exact) mass is 338 g/mol. The van der Waals surface area contributed by atoms with Crippen LogP contribution in [0, 0.1) is 0 Å². The highest BCUT2D eigenvalue weighted by atomic mass is 35.5. The van der Waals surface area contributed by atoms with Crippen molar-refractivity contribution < 1.29 is 4.21 Å². The summed E-state index contributed by atoms with van der Waals surface area (Å²) < 4.78 is 13.5. The Bertz CT molecular complexity index is 641. The van der Waals surface area contributed by atoms with Crippen molar-refractivity contribution in [3.05, 3.63) is 28.0 Å². The van der Waals surface area contributed by atoms with Gasteiger partial charge in [0.15, 0.2) is 0 Å². The molecule has 0 radical (unpaired) electrons. The second-order valence-corrected chi connectivity index (χ2v) is 7.22. The Balaban J connectivity index is 2.56. The molecule has 2 unspecified atom stereocenters. The molecule has 2 atom stereocenters. The van der Waals surface area contributed by atoms with Gasteiger partial charge in [-0.2, -0.15) is 0 Å². The Kier molecular flexibility index (Phi) is 4.77. The number of hydrogen-bond donors (Lipinski definition) is 0. The molecule has 0 saturated heterocycles. The molecule has 3 nitrogen and oxygen atoms in total. The van der Waals surface area contributed by atoms with E-state index >= 15 is 0 Å². The van der Waals surface area contributed by atoms with Crippen LogP contribution in [0.4, 0.5) is 0 Å². The van der Waals surface area contributed by atoms with E-state index in [1.165, 1.54) is 0 Å². The maximum absolute atomic E-state index is 11.5. The Labute approximate surface area is 129 Å². The standard InChI is InChI=1S/C12H13Cl3N2OS/c1-7(19(2)18)6-17-11-4-9(15)8(14)3-10(11)16-12(17)5-13/h3-4,7H,5-6H2,1-2H3. The van der Waals surface area contributed by atoms with Crippen molar-refractivity contribution in [1.29, 1.82) is 0 Å². The smallest absolute Gasteiger partial charge is 0.124 e. The number of rotatable bonds is 4. The lowest BCUT2D eigenvalue weighted by Gasteiger charge is -2.12. The van der Waals surface area contributed by atoms with Crippen LogP contribution in [0.25, 0.3) is 11.0 Å². The molecule has 1 aromatic carbocycles. The number of imidazole rings is 1. The van der Waals surface area contributed by atoms with E-state index in [0.717, 1.165) is 16.9 Å². The number of hydrogen-bond acceptors (Lipinski definition) is 2. The van der Waals surface area contributed by atoms with E-state index in [4.69, 9.17) is 34.8 Å². The van der Waals surface area contributed by atoms with Crippen molar-refractivity contribution in [3.8, 4) is 0 Å². The molecule has 1 heterocycles. The first-order valence-electron chi connectivity index (χ1n) is 5.66. The van der Waals surface area contributed by atoms with Crippen LogP contribution in [0.2, 0.25) is 10.0 Å². The largest absolute Gasteiger partial charge is 0.326 e. The molecule has 0 bridgehead atoms.